The van der Waals surface area contributed by atoms with Gasteiger partial charge in [-0.2, -0.15) is 5.10 Å². The largest absolute Gasteiger partial charge is 0.497 e. The van der Waals surface area contributed by atoms with E-state index in [2.05, 4.69) is 10.4 Å². The number of benzene rings is 1. The summed E-state index contributed by atoms with van der Waals surface area (Å²) in [6.45, 7) is 0.159. The number of nitrogens with one attached hydrogen (secondary N) is 1. The molecule has 2 aromatic rings. The molecule has 1 heterocycles. The van der Waals surface area contributed by atoms with Crippen LogP contribution in [0.25, 0.3) is 0 Å². The minimum Gasteiger partial charge on any atom is -0.497 e. The molecular weight excluding hydrogens is 246 g/mol. The van der Waals surface area contributed by atoms with Crippen LogP contribution in [-0.2, 0) is 11.3 Å². The second-order valence-electron chi connectivity index (χ2n) is 3.85. The van der Waals surface area contributed by atoms with E-state index in [1.54, 1.807) is 55.6 Å². The second-order valence-corrected chi connectivity index (χ2v) is 3.85. The van der Waals surface area contributed by atoms with Crippen LogP contribution in [0.2, 0.25) is 0 Å². The number of aromatic nitrogens is 2. The van der Waals surface area contributed by atoms with Gasteiger partial charge in [-0.3, -0.25) is 9.48 Å². The highest BCUT2D eigenvalue weighted by atomic mass is 16.5. The molecule has 1 amide bonds. The van der Waals surface area contributed by atoms with E-state index in [0.717, 1.165) is 0 Å². The van der Waals surface area contributed by atoms with Crippen LogP contribution in [0.3, 0.4) is 0 Å². The summed E-state index contributed by atoms with van der Waals surface area (Å²) in [7, 11) is 3.12. The summed E-state index contributed by atoms with van der Waals surface area (Å²) in [5.74, 6) is 1.07. The van der Waals surface area contributed by atoms with Crippen LogP contribution < -0.4 is 14.8 Å². The first-order chi connectivity index (χ1) is 9.21. The van der Waals surface area contributed by atoms with Gasteiger partial charge in [-0.05, 0) is 6.07 Å². The highest BCUT2D eigenvalue weighted by Crippen LogP contribution is 2.25. The molecular formula is C13H15N3O3. The molecule has 0 aliphatic rings. The zero-order valence-electron chi connectivity index (χ0n) is 10.8. The van der Waals surface area contributed by atoms with Gasteiger partial charge in [0, 0.05) is 36.3 Å². The Morgan fingerprint density at radius 2 is 1.95 bits per heavy atom. The molecule has 0 saturated carbocycles. The molecule has 19 heavy (non-hydrogen) atoms. The van der Waals surface area contributed by atoms with Crippen molar-refractivity contribution in [2.45, 2.75) is 6.54 Å². The number of nitrogens with zero attached hydrogens (tertiary/aromatic N) is 2. The van der Waals surface area contributed by atoms with E-state index in [1.165, 1.54) is 0 Å². The molecule has 0 atom stereocenters. The molecule has 2 rings (SSSR count). The van der Waals surface area contributed by atoms with Crippen LogP contribution in [0.4, 0.5) is 5.69 Å². The van der Waals surface area contributed by atoms with Gasteiger partial charge in [0.25, 0.3) is 0 Å². The van der Waals surface area contributed by atoms with Crippen LogP contribution in [-0.4, -0.2) is 29.9 Å². The van der Waals surface area contributed by atoms with Crippen molar-refractivity contribution in [3.63, 3.8) is 0 Å². The first-order valence-corrected chi connectivity index (χ1v) is 5.71. The average molecular weight is 261 g/mol. The standard InChI is InChI=1S/C13H15N3O3/c1-18-11-6-10(7-12(8-11)19-2)15-13(17)9-16-5-3-4-14-16/h3-8H,9H2,1-2H3,(H,15,17). The van der Waals surface area contributed by atoms with E-state index in [1.807, 2.05) is 0 Å². The minimum atomic E-state index is -0.168. The number of amides is 1. The van der Waals surface area contributed by atoms with E-state index >= 15 is 0 Å². The normalized spacial score (nSPS) is 10.0. The van der Waals surface area contributed by atoms with Crippen molar-refractivity contribution in [1.82, 2.24) is 9.78 Å². The quantitative estimate of drug-likeness (QED) is 0.886. The summed E-state index contributed by atoms with van der Waals surface area (Å²) in [5, 5.41) is 6.74. The fraction of sp³-hybridized carbons (Fsp3) is 0.231. The fourth-order valence-electron chi connectivity index (χ4n) is 1.62. The van der Waals surface area contributed by atoms with Crippen LogP contribution in [0.5, 0.6) is 11.5 Å². The van der Waals surface area contributed by atoms with Crippen molar-refractivity contribution in [3.05, 3.63) is 36.7 Å². The first-order valence-electron chi connectivity index (χ1n) is 5.71. The van der Waals surface area contributed by atoms with Crippen LogP contribution in [0.1, 0.15) is 0 Å². The Morgan fingerprint density at radius 3 is 2.47 bits per heavy atom. The molecule has 100 valence electrons. The smallest absolute Gasteiger partial charge is 0.246 e. The minimum absolute atomic E-state index is 0.159. The number of carbonyl (C=O) groups is 1. The van der Waals surface area contributed by atoms with Gasteiger partial charge >= 0.3 is 0 Å². The van der Waals surface area contributed by atoms with Gasteiger partial charge in [0.2, 0.25) is 5.91 Å². The van der Waals surface area contributed by atoms with Gasteiger partial charge in [0.15, 0.2) is 0 Å². The predicted molar refractivity (Wildman–Crippen MR) is 70.4 cm³/mol. The highest BCUT2D eigenvalue weighted by molar-refractivity contribution is 5.90. The van der Waals surface area contributed by atoms with Crippen molar-refractivity contribution in [2.75, 3.05) is 19.5 Å². The molecule has 1 N–H and O–H groups in total. The molecule has 1 aromatic carbocycles. The van der Waals surface area contributed by atoms with Crippen LogP contribution in [0.15, 0.2) is 36.7 Å². The van der Waals surface area contributed by atoms with E-state index in [9.17, 15) is 4.79 Å². The Bertz CT molecular complexity index is 530. The number of hydrogen-bond acceptors (Lipinski definition) is 4. The molecule has 0 fully saturated rings. The maximum absolute atomic E-state index is 11.8. The number of anilines is 1. The summed E-state index contributed by atoms with van der Waals surface area (Å²) >= 11 is 0. The summed E-state index contributed by atoms with van der Waals surface area (Å²) in [6, 6.07) is 6.96. The van der Waals surface area contributed by atoms with E-state index in [-0.39, 0.29) is 12.5 Å². The fourth-order valence-corrected chi connectivity index (χ4v) is 1.62. The third kappa shape index (κ3) is 3.48. The third-order valence-corrected chi connectivity index (χ3v) is 2.50. The maximum Gasteiger partial charge on any atom is 0.246 e. The lowest BCUT2D eigenvalue weighted by Gasteiger charge is -2.09. The number of rotatable bonds is 5. The number of hydrogen-bond donors (Lipinski definition) is 1. The Kier molecular flexibility index (Phi) is 4.02. The number of carbonyl (C=O) groups excluding carboxylic acids is 1. The summed E-state index contributed by atoms with van der Waals surface area (Å²) < 4.78 is 11.8. The molecule has 0 bridgehead atoms. The number of ether oxygens (including phenoxy) is 2. The van der Waals surface area contributed by atoms with Gasteiger partial charge in [0.05, 0.1) is 14.2 Å². The lowest BCUT2D eigenvalue weighted by molar-refractivity contribution is -0.116. The maximum atomic E-state index is 11.8. The lowest BCUT2D eigenvalue weighted by Crippen LogP contribution is -2.19. The van der Waals surface area contributed by atoms with Crippen molar-refractivity contribution >= 4 is 11.6 Å². The van der Waals surface area contributed by atoms with Crippen molar-refractivity contribution < 1.29 is 14.3 Å². The van der Waals surface area contributed by atoms with Gasteiger partial charge in [0.1, 0.15) is 18.0 Å². The van der Waals surface area contributed by atoms with Gasteiger partial charge in [-0.15, -0.1) is 0 Å². The average Bonchev–Trinajstić information content (AvgIpc) is 2.90. The number of methoxy groups -OCH3 is 2. The Labute approximate surface area is 110 Å². The molecule has 0 spiro atoms. The summed E-state index contributed by atoms with van der Waals surface area (Å²) in [6.07, 6.45) is 3.35. The van der Waals surface area contributed by atoms with Gasteiger partial charge in [-0.1, -0.05) is 0 Å². The second kappa shape index (κ2) is 5.90. The molecule has 0 saturated heterocycles. The molecule has 0 aliphatic carbocycles. The molecule has 6 heteroatoms. The zero-order valence-corrected chi connectivity index (χ0v) is 10.8. The van der Waals surface area contributed by atoms with Crippen molar-refractivity contribution in [1.29, 1.82) is 0 Å². The lowest BCUT2D eigenvalue weighted by atomic mass is 10.2. The first kappa shape index (κ1) is 12.9. The van der Waals surface area contributed by atoms with E-state index in [0.29, 0.717) is 17.2 Å². The van der Waals surface area contributed by atoms with Gasteiger partial charge in [-0.25, -0.2) is 0 Å². The summed E-state index contributed by atoms with van der Waals surface area (Å²) in [4.78, 5) is 11.8. The van der Waals surface area contributed by atoms with Crippen LogP contribution in [0, 0.1) is 0 Å². The van der Waals surface area contributed by atoms with Gasteiger partial charge < -0.3 is 14.8 Å². The summed E-state index contributed by atoms with van der Waals surface area (Å²) in [5.41, 5.74) is 0.619. The highest BCUT2D eigenvalue weighted by Gasteiger charge is 2.06. The van der Waals surface area contributed by atoms with E-state index < -0.39 is 0 Å². The Hall–Kier alpha value is -2.50. The Morgan fingerprint density at radius 1 is 1.26 bits per heavy atom. The SMILES string of the molecule is COc1cc(NC(=O)Cn2cccn2)cc(OC)c1. The molecule has 0 radical (unpaired) electrons. The molecule has 1 aromatic heterocycles. The Balaban J connectivity index is 2.07. The van der Waals surface area contributed by atoms with E-state index in [4.69, 9.17) is 9.47 Å². The van der Waals surface area contributed by atoms with Crippen molar-refractivity contribution in [2.24, 2.45) is 0 Å². The zero-order chi connectivity index (χ0) is 13.7. The van der Waals surface area contributed by atoms with Crippen molar-refractivity contribution in [3.8, 4) is 11.5 Å². The topological polar surface area (TPSA) is 65.4 Å². The molecule has 6 nitrogen and oxygen atoms in total. The predicted octanol–water partition coefficient (Wildman–Crippen LogP) is 1.54. The monoisotopic (exact) mass is 261 g/mol. The third-order valence-electron chi connectivity index (χ3n) is 2.50. The molecule has 0 unspecified atom stereocenters. The molecule has 0 aliphatic heterocycles. The van der Waals surface area contributed by atoms with Crippen LogP contribution >= 0.6 is 0 Å².